The smallest absolute Gasteiger partial charge is 0.311 e. The molecule has 0 saturated carbocycles. The molecule has 2 aromatic rings. The number of hydrogen-bond donors (Lipinski definition) is 0. The number of carbonyl (C=O) groups excluding carboxylic acids is 1. The Kier molecular flexibility index (Phi) is 3.18. The lowest BCUT2D eigenvalue weighted by molar-refractivity contribution is -0.134. The van der Waals surface area contributed by atoms with Crippen LogP contribution in [0, 0.1) is 6.92 Å². The van der Waals surface area contributed by atoms with Crippen molar-refractivity contribution in [3.8, 4) is 5.75 Å². The van der Waals surface area contributed by atoms with Crippen LogP contribution in [0.1, 0.15) is 25.3 Å². The van der Waals surface area contributed by atoms with Crippen molar-refractivity contribution in [2.24, 2.45) is 7.05 Å². The van der Waals surface area contributed by atoms with E-state index in [2.05, 4.69) is 6.07 Å². The zero-order valence-corrected chi connectivity index (χ0v) is 10.5. The molecule has 3 nitrogen and oxygen atoms in total. The summed E-state index contributed by atoms with van der Waals surface area (Å²) in [7, 11) is 1.95. The molecule has 0 radical (unpaired) electrons. The minimum Gasteiger partial charge on any atom is -0.424 e. The number of esters is 1. The fraction of sp³-hybridized carbons (Fsp3) is 0.357. The fourth-order valence-electron chi connectivity index (χ4n) is 1.93. The molecule has 2 rings (SSSR count). The number of aryl methyl sites for hydroxylation is 2. The molecule has 0 N–H and O–H groups in total. The van der Waals surface area contributed by atoms with E-state index in [-0.39, 0.29) is 5.97 Å². The molecule has 1 aromatic carbocycles. The van der Waals surface area contributed by atoms with Crippen molar-refractivity contribution >= 4 is 16.9 Å². The molecule has 0 unspecified atom stereocenters. The van der Waals surface area contributed by atoms with Gasteiger partial charge in [0.1, 0.15) is 0 Å². The van der Waals surface area contributed by atoms with Gasteiger partial charge in [-0.25, -0.2) is 0 Å². The van der Waals surface area contributed by atoms with Crippen LogP contribution < -0.4 is 4.74 Å². The van der Waals surface area contributed by atoms with Gasteiger partial charge in [-0.3, -0.25) is 4.79 Å². The van der Waals surface area contributed by atoms with Gasteiger partial charge in [-0.1, -0.05) is 18.6 Å². The zero-order valence-electron chi connectivity index (χ0n) is 10.5. The molecule has 90 valence electrons. The Bertz CT molecular complexity index is 555. The van der Waals surface area contributed by atoms with Crippen molar-refractivity contribution in [1.82, 2.24) is 4.57 Å². The third-order valence-electron chi connectivity index (χ3n) is 2.79. The Morgan fingerprint density at radius 1 is 1.41 bits per heavy atom. The molecule has 0 fully saturated rings. The molecule has 0 atom stereocenters. The second kappa shape index (κ2) is 4.62. The summed E-state index contributed by atoms with van der Waals surface area (Å²) in [4.78, 5) is 11.5. The average molecular weight is 231 g/mol. The van der Waals surface area contributed by atoms with E-state index in [0.29, 0.717) is 12.2 Å². The number of aromatic nitrogens is 1. The highest BCUT2D eigenvalue weighted by atomic mass is 16.5. The molecular weight excluding hydrogens is 214 g/mol. The van der Waals surface area contributed by atoms with Crippen LogP contribution in [-0.4, -0.2) is 10.5 Å². The number of carbonyl (C=O) groups is 1. The van der Waals surface area contributed by atoms with Crippen molar-refractivity contribution in [2.45, 2.75) is 26.7 Å². The highest BCUT2D eigenvalue weighted by molar-refractivity contribution is 5.89. The van der Waals surface area contributed by atoms with Crippen LogP contribution in [0.3, 0.4) is 0 Å². The Balaban J connectivity index is 2.40. The molecule has 17 heavy (non-hydrogen) atoms. The molecule has 0 spiro atoms. The maximum atomic E-state index is 11.5. The molecule has 0 aliphatic heterocycles. The molecule has 0 aliphatic rings. The number of nitrogens with zero attached hydrogens (tertiary/aromatic N) is 1. The van der Waals surface area contributed by atoms with Crippen molar-refractivity contribution in [1.29, 1.82) is 0 Å². The second-order valence-electron chi connectivity index (χ2n) is 4.35. The molecule has 0 bridgehead atoms. The average Bonchev–Trinajstić information content (AvgIpc) is 2.55. The molecule has 0 aliphatic carbocycles. The summed E-state index contributed by atoms with van der Waals surface area (Å²) in [5.74, 6) is 0.492. The third-order valence-corrected chi connectivity index (χ3v) is 2.79. The van der Waals surface area contributed by atoms with E-state index in [4.69, 9.17) is 4.74 Å². The van der Waals surface area contributed by atoms with Crippen LogP contribution in [0.5, 0.6) is 5.75 Å². The number of hydrogen-bond acceptors (Lipinski definition) is 2. The van der Waals surface area contributed by atoms with E-state index in [1.54, 1.807) is 0 Å². The first-order valence-corrected chi connectivity index (χ1v) is 5.88. The van der Waals surface area contributed by atoms with Gasteiger partial charge in [-0.15, -0.1) is 0 Å². The minimum absolute atomic E-state index is 0.165. The largest absolute Gasteiger partial charge is 0.424 e. The molecule has 1 aromatic heterocycles. The maximum Gasteiger partial charge on any atom is 0.311 e. The van der Waals surface area contributed by atoms with Gasteiger partial charge in [0.25, 0.3) is 0 Å². The summed E-state index contributed by atoms with van der Waals surface area (Å²) in [6, 6.07) is 6.14. The second-order valence-corrected chi connectivity index (χ2v) is 4.35. The van der Waals surface area contributed by atoms with Gasteiger partial charge in [-0.2, -0.15) is 0 Å². The van der Waals surface area contributed by atoms with Crippen molar-refractivity contribution < 1.29 is 9.53 Å². The van der Waals surface area contributed by atoms with Crippen LogP contribution in [-0.2, 0) is 11.8 Å². The van der Waals surface area contributed by atoms with Crippen LogP contribution in [0.25, 0.3) is 10.9 Å². The lowest BCUT2D eigenvalue weighted by atomic mass is 10.2. The highest BCUT2D eigenvalue weighted by Gasteiger charge is 2.11. The fourth-order valence-corrected chi connectivity index (χ4v) is 1.93. The van der Waals surface area contributed by atoms with E-state index in [9.17, 15) is 4.79 Å². The summed E-state index contributed by atoms with van der Waals surface area (Å²) >= 11 is 0. The third kappa shape index (κ3) is 2.33. The summed E-state index contributed by atoms with van der Waals surface area (Å²) in [6.07, 6.45) is 3.13. The summed E-state index contributed by atoms with van der Waals surface area (Å²) in [5.41, 5.74) is 2.24. The van der Waals surface area contributed by atoms with Gasteiger partial charge < -0.3 is 9.30 Å². The van der Waals surface area contributed by atoms with Gasteiger partial charge in [0.15, 0.2) is 5.75 Å². The molecular formula is C14H17NO2. The minimum atomic E-state index is -0.165. The van der Waals surface area contributed by atoms with Crippen LogP contribution in [0.4, 0.5) is 0 Å². The molecule has 0 saturated heterocycles. The van der Waals surface area contributed by atoms with E-state index >= 15 is 0 Å². The van der Waals surface area contributed by atoms with Crippen LogP contribution in [0.15, 0.2) is 24.4 Å². The van der Waals surface area contributed by atoms with Crippen LogP contribution >= 0.6 is 0 Å². The van der Waals surface area contributed by atoms with E-state index < -0.39 is 0 Å². The number of ether oxygens (including phenoxy) is 1. The number of benzene rings is 1. The van der Waals surface area contributed by atoms with Gasteiger partial charge in [-0.05, 0) is 25.5 Å². The van der Waals surface area contributed by atoms with Gasteiger partial charge in [0.05, 0.1) is 5.52 Å². The monoisotopic (exact) mass is 231 g/mol. The van der Waals surface area contributed by atoms with Crippen molar-refractivity contribution in [3.05, 3.63) is 30.0 Å². The van der Waals surface area contributed by atoms with Gasteiger partial charge >= 0.3 is 5.97 Å². The Hall–Kier alpha value is -1.77. The van der Waals surface area contributed by atoms with E-state index in [1.165, 1.54) is 0 Å². The maximum absolute atomic E-state index is 11.5. The topological polar surface area (TPSA) is 31.2 Å². The molecule has 0 amide bonds. The molecule has 1 heterocycles. The highest BCUT2D eigenvalue weighted by Crippen LogP contribution is 2.28. The first kappa shape index (κ1) is 11.7. The van der Waals surface area contributed by atoms with Crippen molar-refractivity contribution in [2.75, 3.05) is 0 Å². The normalized spacial score (nSPS) is 10.8. The van der Waals surface area contributed by atoms with Gasteiger partial charge in [0.2, 0.25) is 0 Å². The lowest BCUT2D eigenvalue weighted by Crippen LogP contribution is -2.06. The zero-order chi connectivity index (χ0) is 12.4. The lowest BCUT2D eigenvalue weighted by Gasteiger charge is -2.01. The standard InChI is InChI=1S/C14H17NO2/c1-4-5-14(16)17-13-9-15(3)12-7-6-10(2)8-11(12)13/h6-9H,4-5H2,1-3H3. The van der Waals surface area contributed by atoms with Crippen molar-refractivity contribution in [3.63, 3.8) is 0 Å². The quantitative estimate of drug-likeness (QED) is 0.760. The predicted octanol–water partition coefficient (Wildman–Crippen LogP) is 3.19. The number of fused-ring (bicyclic) bond motifs is 1. The predicted molar refractivity (Wildman–Crippen MR) is 68.2 cm³/mol. The summed E-state index contributed by atoms with van der Waals surface area (Å²) in [5, 5.41) is 0.997. The Morgan fingerprint density at radius 3 is 2.88 bits per heavy atom. The van der Waals surface area contributed by atoms with Gasteiger partial charge in [0, 0.05) is 25.1 Å². The SMILES string of the molecule is CCCC(=O)Oc1cn(C)c2ccc(C)cc12. The summed E-state index contributed by atoms with van der Waals surface area (Å²) in [6.45, 7) is 4.00. The first-order chi connectivity index (χ1) is 8.11. The van der Waals surface area contributed by atoms with Crippen LogP contribution in [0.2, 0.25) is 0 Å². The van der Waals surface area contributed by atoms with E-state index in [1.807, 2.05) is 43.8 Å². The summed E-state index contributed by atoms with van der Waals surface area (Å²) < 4.78 is 7.36. The van der Waals surface area contributed by atoms with E-state index in [0.717, 1.165) is 22.9 Å². The molecule has 3 heteroatoms. The Morgan fingerprint density at radius 2 is 2.18 bits per heavy atom. The first-order valence-electron chi connectivity index (χ1n) is 5.88. The Labute approximate surface area is 101 Å². The number of rotatable bonds is 3.